The SMILES string of the molecule is CCCS(=O)(=O)N1CCCCC1CNC(C)C. The van der Waals surface area contributed by atoms with Gasteiger partial charge in [0, 0.05) is 25.2 Å². The molecule has 1 fully saturated rings. The molecule has 0 aromatic rings. The lowest BCUT2D eigenvalue weighted by molar-refractivity contribution is 0.242. The summed E-state index contributed by atoms with van der Waals surface area (Å²) in [4.78, 5) is 0. The molecular weight excluding hydrogens is 236 g/mol. The van der Waals surface area contributed by atoms with Crippen LogP contribution in [-0.4, -0.2) is 43.6 Å². The lowest BCUT2D eigenvalue weighted by Crippen LogP contribution is -2.50. The van der Waals surface area contributed by atoms with Crippen LogP contribution in [0.15, 0.2) is 0 Å². The molecule has 1 saturated heterocycles. The Kier molecular flexibility index (Phi) is 5.89. The Morgan fingerprint density at radius 1 is 1.35 bits per heavy atom. The molecule has 0 aromatic heterocycles. The van der Waals surface area contributed by atoms with E-state index in [2.05, 4.69) is 19.2 Å². The van der Waals surface area contributed by atoms with Gasteiger partial charge in [-0.3, -0.25) is 0 Å². The van der Waals surface area contributed by atoms with Gasteiger partial charge in [-0.1, -0.05) is 27.2 Å². The van der Waals surface area contributed by atoms with E-state index in [4.69, 9.17) is 0 Å². The normalized spacial score (nSPS) is 23.2. The third kappa shape index (κ3) is 4.56. The van der Waals surface area contributed by atoms with Crippen molar-refractivity contribution >= 4 is 10.0 Å². The van der Waals surface area contributed by atoms with E-state index in [1.165, 1.54) is 0 Å². The Labute approximate surface area is 106 Å². The highest BCUT2D eigenvalue weighted by atomic mass is 32.2. The zero-order valence-corrected chi connectivity index (χ0v) is 12.1. The Bertz CT molecular complexity index is 314. The van der Waals surface area contributed by atoms with Crippen molar-refractivity contribution < 1.29 is 8.42 Å². The molecule has 0 aliphatic carbocycles. The van der Waals surface area contributed by atoms with Crippen LogP contribution in [0.25, 0.3) is 0 Å². The van der Waals surface area contributed by atoms with Crippen LogP contribution in [0.1, 0.15) is 46.5 Å². The molecule has 1 heterocycles. The molecule has 102 valence electrons. The minimum Gasteiger partial charge on any atom is -0.313 e. The Balaban J connectivity index is 2.65. The third-order valence-corrected chi connectivity index (χ3v) is 5.27. The summed E-state index contributed by atoms with van der Waals surface area (Å²) in [5.41, 5.74) is 0. The van der Waals surface area contributed by atoms with Crippen molar-refractivity contribution in [1.82, 2.24) is 9.62 Å². The molecule has 0 amide bonds. The number of piperidine rings is 1. The minimum atomic E-state index is -3.04. The summed E-state index contributed by atoms with van der Waals surface area (Å²) < 4.78 is 26.0. The van der Waals surface area contributed by atoms with Gasteiger partial charge in [0.05, 0.1) is 5.75 Å². The average Bonchev–Trinajstić information content (AvgIpc) is 2.26. The van der Waals surface area contributed by atoms with Crippen LogP contribution in [0.4, 0.5) is 0 Å². The van der Waals surface area contributed by atoms with Gasteiger partial charge in [0.1, 0.15) is 0 Å². The summed E-state index contributed by atoms with van der Waals surface area (Å²) in [5.74, 6) is 0.283. The highest BCUT2D eigenvalue weighted by Gasteiger charge is 2.31. The van der Waals surface area contributed by atoms with Crippen molar-refractivity contribution in [2.24, 2.45) is 0 Å². The first-order valence-electron chi connectivity index (χ1n) is 6.70. The van der Waals surface area contributed by atoms with Gasteiger partial charge in [0.2, 0.25) is 10.0 Å². The average molecular weight is 262 g/mol. The highest BCUT2D eigenvalue weighted by Crippen LogP contribution is 2.20. The van der Waals surface area contributed by atoms with E-state index in [0.717, 1.165) is 25.8 Å². The van der Waals surface area contributed by atoms with Gasteiger partial charge < -0.3 is 5.32 Å². The molecule has 0 aromatic carbocycles. The largest absolute Gasteiger partial charge is 0.313 e. The van der Waals surface area contributed by atoms with Gasteiger partial charge in [-0.25, -0.2) is 8.42 Å². The Morgan fingerprint density at radius 3 is 2.65 bits per heavy atom. The smallest absolute Gasteiger partial charge is 0.214 e. The fraction of sp³-hybridized carbons (Fsp3) is 1.00. The highest BCUT2D eigenvalue weighted by molar-refractivity contribution is 7.89. The number of nitrogens with zero attached hydrogens (tertiary/aromatic N) is 1. The monoisotopic (exact) mass is 262 g/mol. The second-order valence-electron chi connectivity index (χ2n) is 5.14. The predicted octanol–water partition coefficient (Wildman–Crippen LogP) is 1.58. The predicted molar refractivity (Wildman–Crippen MR) is 71.6 cm³/mol. The third-order valence-electron chi connectivity index (χ3n) is 3.15. The first-order chi connectivity index (χ1) is 7.97. The molecule has 17 heavy (non-hydrogen) atoms. The molecule has 1 atom stereocenters. The number of rotatable bonds is 6. The second-order valence-corrected chi connectivity index (χ2v) is 7.18. The number of hydrogen-bond acceptors (Lipinski definition) is 3. The molecule has 0 spiro atoms. The topological polar surface area (TPSA) is 49.4 Å². The van der Waals surface area contributed by atoms with Crippen LogP contribution in [0, 0.1) is 0 Å². The Morgan fingerprint density at radius 2 is 2.06 bits per heavy atom. The molecule has 4 nitrogen and oxygen atoms in total. The van der Waals surface area contributed by atoms with E-state index < -0.39 is 10.0 Å². The maximum Gasteiger partial charge on any atom is 0.214 e. The van der Waals surface area contributed by atoms with Gasteiger partial charge in [-0.15, -0.1) is 0 Å². The standard InChI is InChI=1S/C12H26N2O2S/c1-4-9-17(15,16)14-8-6-5-7-12(14)10-13-11(2)3/h11-13H,4-10H2,1-3H3. The quantitative estimate of drug-likeness (QED) is 0.790. The maximum atomic E-state index is 12.1. The van der Waals surface area contributed by atoms with Gasteiger partial charge in [0.25, 0.3) is 0 Å². The molecule has 1 rings (SSSR count). The van der Waals surface area contributed by atoms with Crippen molar-refractivity contribution in [1.29, 1.82) is 0 Å². The number of hydrogen-bond donors (Lipinski definition) is 1. The van der Waals surface area contributed by atoms with Crippen LogP contribution in [0.5, 0.6) is 0 Å². The van der Waals surface area contributed by atoms with Crippen LogP contribution in [-0.2, 0) is 10.0 Å². The molecule has 1 aliphatic heterocycles. The van der Waals surface area contributed by atoms with Crippen molar-refractivity contribution in [3.8, 4) is 0 Å². The summed E-state index contributed by atoms with van der Waals surface area (Å²) in [7, 11) is -3.04. The van der Waals surface area contributed by atoms with Crippen molar-refractivity contribution in [3.05, 3.63) is 0 Å². The fourth-order valence-corrected chi connectivity index (χ4v) is 4.08. The molecular formula is C12H26N2O2S. The molecule has 1 N–H and O–H groups in total. The van der Waals surface area contributed by atoms with E-state index in [1.807, 2.05) is 6.92 Å². The zero-order chi connectivity index (χ0) is 12.9. The second kappa shape index (κ2) is 6.71. The summed E-state index contributed by atoms with van der Waals surface area (Å²) in [6, 6.07) is 0.565. The first kappa shape index (κ1) is 14.9. The van der Waals surface area contributed by atoms with E-state index in [0.29, 0.717) is 19.0 Å². The van der Waals surface area contributed by atoms with E-state index >= 15 is 0 Å². The summed E-state index contributed by atoms with van der Waals surface area (Å²) in [6.07, 6.45) is 3.83. The maximum absolute atomic E-state index is 12.1. The van der Waals surface area contributed by atoms with Crippen molar-refractivity contribution in [3.63, 3.8) is 0 Å². The fourth-order valence-electron chi connectivity index (χ4n) is 2.29. The van der Waals surface area contributed by atoms with Crippen LogP contribution in [0.2, 0.25) is 0 Å². The molecule has 0 radical (unpaired) electrons. The number of nitrogens with one attached hydrogen (secondary N) is 1. The zero-order valence-electron chi connectivity index (χ0n) is 11.3. The molecule has 1 aliphatic rings. The minimum absolute atomic E-state index is 0.155. The summed E-state index contributed by atoms with van der Waals surface area (Å²) >= 11 is 0. The van der Waals surface area contributed by atoms with Crippen molar-refractivity contribution in [2.75, 3.05) is 18.8 Å². The van der Waals surface area contributed by atoms with Crippen molar-refractivity contribution in [2.45, 2.75) is 58.5 Å². The molecule has 5 heteroatoms. The molecule has 0 saturated carbocycles. The van der Waals surface area contributed by atoms with Gasteiger partial charge in [0.15, 0.2) is 0 Å². The lowest BCUT2D eigenvalue weighted by Gasteiger charge is -2.35. The molecule has 0 bridgehead atoms. The number of sulfonamides is 1. The Hall–Kier alpha value is -0.130. The molecule has 1 unspecified atom stereocenters. The van der Waals surface area contributed by atoms with Gasteiger partial charge >= 0.3 is 0 Å². The van der Waals surface area contributed by atoms with Crippen LogP contribution < -0.4 is 5.32 Å². The summed E-state index contributed by atoms with van der Waals surface area (Å²) in [6.45, 7) is 7.58. The van der Waals surface area contributed by atoms with E-state index in [-0.39, 0.29) is 11.8 Å². The van der Waals surface area contributed by atoms with Crippen LogP contribution in [0.3, 0.4) is 0 Å². The van der Waals surface area contributed by atoms with E-state index in [9.17, 15) is 8.42 Å². The van der Waals surface area contributed by atoms with Gasteiger partial charge in [-0.2, -0.15) is 4.31 Å². The summed E-state index contributed by atoms with van der Waals surface area (Å²) in [5, 5.41) is 3.35. The van der Waals surface area contributed by atoms with Crippen LogP contribution >= 0.6 is 0 Å². The first-order valence-corrected chi connectivity index (χ1v) is 8.31. The van der Waals surface area contributed by atoms with E-state index in [1.54, 1.807) is 4.31 Å². The lowest BCUT2D eigenvalue weighted by atomic mass is 10.0. The van der Waals surface area contributed by atoms with Gasteiger partial charge in [-0.05, 0) is 19.3 Å².